The van der Waals surface area contributed by atoms with Crippen LogP contribution in [-0.4, -0.2) is 41.8 Å². The third-order valence-corrected chi connectivity index (χ3v) is 5.90. The minimum Gasteiger partial charge on any atom is -0.326 e. The summed E-state index contributed by atoms with van der Waals surface area (Å²) in [5.41, 5.74) is 1.45. The van der Waals surface area contributed by atoms with E-state index in [4.69, 9.17) is 0 Å². The predicted octanol–water partition coefficient (Wildman–Crippen LogP) is 3.12. The molecule has 3 heterocycles. The number of carbonyl (C=O) groups excluding carboxylic acids is 3. The molecule has 0 radical (unpaired) electrons. The van der Waals surface area contributed by atoms with Gasteiger partial charge in [-0.25, -0.2) is 0 Å². The van der Waals surface area contributed by atoms with Crippen molar-refractivity contribution in [2.75, 3.05) is 23.3 Å². The van der Waals surface area contributed by atoms with Crippen LogP contribution in [0.4, 0.5) is 11.4 Å². The highest BCUT2D eigenvalue weighted by Gasteiger charge is 2.35. The van der Waals surface area contributed by atoms with Gasteiger partial charge in [0.1, 0.15) is 6.04 Å². The molecule has 2 aliphatic heterocycles. The Balaban J connectivity index is 1.47. The highest BCUT2D eigenvalue weighted by atomic mass is 32.1. The zero-order chi connectivity index (χ0) is 18.8. The van der Waals surface area contributed by atoms with Crippen molar-refractivity contribution in [2.45, 2.75) is 31.7 Å². The van der Waals surface area contributed by atoms with Crippen LogP contribution in [0.5, 0.6) is 0 Å². The third-order valence-electron chi connectivity index (χ3n) is 5.05. The number of anilines is 2. The van der Waals surface area contributed by atoms with Crippen LogP contribution in [0.2, 0.25) is 0 Å². The van der Waals surface area contributed by atoms with Crippen LogP contribution in [0.25, 0.3) is 0 Å². The number of amides is 3. The van der Waals surface area contributed by atoms with E-state index in [9.17, 15) is 14.4 Å². The van der Waals surface area contributed by atoms with Gasteiger partial charge in [0.15, 0.2) is 0 Å². The zero-order valence-corrected chi connectivity index (χ0v) is 15.7. The highest BCUT2D eigenvalue weighted by Crippen LogP contribution is 2.26. The molecule has 27 heavy (non-hydrogen) atoms. The molecule has 1 unspecified atom stereocenters. The van der Waals surface area contributed by atoms with Crippen molar-refractivity contribution in [1.82, 2.24) is 4.90 Å². The van der Waals surface area contributed by atoms with E-state index in [1.165, 1.54) is 11.3 Å². The Morgan fingerprint density at radius 3 is 2.74 bits per heavy atom. The first-order valence-corrected chi connectivity index (χ1v) is 10.1. The summed E-state index contributed by atoms with van der Waals surface area (Å²) in [6.45, 7) is 1.30. The maximum absolute atomic E-state index is 12.8. The SMILES string of the molecule is O=C(Nc1cccc(N2CCCC2=O)c1)C1CCCN1C(=O)c1cccs1. The van der Waals surface area contributed by atoms with Crippen molar-refractivity contribution >= 4 is 40.4 Å². The molecule has 1 atom stereocenters. The maximum Gasteiger partial charge on any atom is 0.264 e. The first-order chi connectivity index (χ1) is 13.1. The number of thiophene rings is 1. The van der Waals surface area contributed by atoms with Gasteiger partial charge in [-0.3, -0.25) is 14.4 Å². The second kappa shape index (κ2) is 7.52. The molecule has 140 valence electrons. The van der Waals surface area contributed by atoms with Gasteiger partial charge in [-0.2, -0.15) is 0 Å². The fourth-order valence-corrected chi connectivity index (χ4v) is 4.40. The predicted molar refractivity (Wildman–Crippen MR) is 105 cm³/mol. The van der Waals surface area contributed by atoms with E-state index >= 15 is 0 Å². The number of hydrogen-bond acceptors (Lipinski definition) is 4. The lowest BCUT2D eigenvalue weighted by molar-refractivity contribution is -0.119. The molecular formula is C20H21N3O3S. The van der Waals surface area contributed by atoms with E-state index in [-0.39, 0.29) is 17.7 Å². The largest absolute Gasteiger partial charge is 0.326 e. The van der Waals surface area contributed by atoms with Crippen LogP contribution >= 0.6 is 11.3 Å². The first kappa shape index (κ1) is 17.7. The summed E-state index contributed by atoms with van der Waals surface area (Å²) in [6, 6.07) is 10.5. The van der Waals surface area contributed by atoms with E-state index in [1.807, 2.05) is 35.7 Å². The standard InChI is InChI=1S/C20H21N3O3S/c24-18-9-3-10-22(18)15-6-1-5-14(13-15)21-19(25)16-7-2-11-23(16)20(26)17-8-4-12-27-17/h1,4-6,8,12-13,16H,2-3,7,9-11H2,(H,21,25). The minimum atomic E-state index is -0.461. The molecule has 0 bridgehead atoms. The number of likely N-dealkylation sites (tertiary alicyclic amines) is 1. The van der Waals surface area contributed by atoms with Crippen molar-refractivity contribution in [3.63, 3.8) is 0 Å². The number of rotatable bonds is 4. The molecule has 1 N–H and O–H groups in total. The average Bonchev–Trinajstić information content (AvgIpc) is 3.42. The molecular weight excluding hydrogens is 362 g/mol. The quantitative estimate of drug-likeness (QED) is 0.882. The summed E-state index contributed by atoms with van der Waals surface area (Å²) in [4.78, 5) is 41.5. The number of nitrogens with zero attached hydrogens (tertiary/aromatic N) is 2. The molecule has 2 aromatic rings. The molecule has 1 aromatic carbocycles. The number of nitrogens with one attached hydrogen (secondary N) is 1. The van der Waals surface area contributed by atoms with Gasteiger partial charge < -0.3 is 15.1 Å². The molecule has 7 heteroatoms. The van der Waals surface area contributed by atoms with Crippen LogP contribution < -0.4 is 10.2 Å². The molecule has 2 fully saturated rings. The van der Waals surface area contributed by atoms with E-state index in [0.717, 1.165) is 18.5 Å². The molecule has 3 amide bonds. The topological polar surface area (TPSA) is 69.7 Å². The first-order valence-electron chi connectivity index (χ1n) is 9.19. The molecule has 2 saturated heterocycles. The Bertz CT molecular complexity index is 865. The Kier molecular flexibility index (Phi) is 4.94. The van der Waals surface area contributed by atoms with E-state index in [2.05, 4.69) is 5.32 Å². The normalized spacial score (nSPS) is 19.6. The van der Waals surface area contributed by atoms with Crippen LogP contribution in [0.1, 0.15) is 35.4 Å². The van der Waals surface area contributed by atoms with Gasteiger partial charge in [0.05, 0.1) is 4.88 Å². The third kappa shape index (κ3) is 3.60. The van der Waals surface area contributed by atoms with Gasteiger partial charge >= 0.3 is 0 Å². The molecule has 0 saturated carbocycles. The van der Waals surface area contributed by atoms with E-state index in [0.29, 0.717) is 36.5 Å². The molecule has 0 aliphatic carbocycles. The summed E-state index contributed by atoms with van der Waals surface area (Å²) >= 11 is 1.39. The Hall–Kier alpha value is -2.67. The number of hydrogen-bond donors (Lipinski definition) is 1. The molecule has 2 aliphatic rings. The lowest BCUT2D eigenvalue weighted by Gasteiger charge is -2.24. The maximum atomic E-state index is 12.8. The van der Waals surface area contributed by atoms with Crippen molar-refractivity contribution in [1.29, 1.82) is 0 Å². The summed E-state index contributed by atoms with van der Waals surface area (Å²) in [6.07, 6.45) is 2.90. The van der Waals surface area contributed by atoms with Crippen molar-refractivity contribution in [3.8, 4) is 0 Å². The second-order valence-electron chi connectivity index (χ2n) is 6.82. The van der Waals surface area contributed by atoms with Crippen molar-refractivity contribution < 1.29 is 14.4 Å². The number of benzene rings is 1. The number of carbonyl (C=O) groups is 3. The minimum absolute atomic E-state index is 0.0842. The smallest absolute Gasteiger partial charge is 0.264 e. The van der Waals surface area contributed by atoms with Gasteiger partial charge in [0.25, 0.3) is 5.91 Å². The Labute approximate surface area is 161 Å². The molecule has 6 nitrogen and oxygen atoms in total. The van der Waals surface area contributed by atoms with Gasteiger partial charge in [0, 0.05) is 30.9 Å². The van der Waals surface area contributed by atoms with Gasteiger partial charge in [-0.15, -0.1) is 11.3 Å². The monoisotopic (exact) mass is 383 g/mol. The van der Waals surface area contributed by atoms with E-state index in [1.54, 1.807) is 15.9 Å². The molecule has 1 aromatic heterocycles. The fourth-order valence-electron chi connectivity index (χ4n) is 3.72. The Morgan fingerprint density at radius 2 is 2.00 bits per heavy atom. The fraction of sp³-hybridized carbons (Fsp3) is 0.350. The van der Waals surface area contributed by atoms with Crippen LogP contribution in [0.15, 0.2) is 41.8 Å². The van der Waals surface area contributed by atoms with Crippen LogP contribution in [0.3, 0.4) is 0 Å². The summed E-state index contributed by atoms with van der Waals surface area (Å²) in [7, 11) is 0. The van der Waals surface area contributed by atoms with Gasteiger partial charge in [-0.05, 0) is 48.9 Å². The van der Waals surface area contributed by atoms with Crippen LogP contribution in [-0.2, 0) is 9.59 Å². The van der Waals surface area contributed by atoms with Gasteiger partial charge in [-0.1, -0.05) is 12.1 Å². The molecule has 4 rings (SSSR count). The average molecular weight is 383 g/mol. The summed E-state index contributed by atoms with van der Waals surface area (Å²) in [5.74, 6) is -0.150. The molecule has 0 spiro atoms. The zero-order valence-electron chi connectivity index (χ0n) is 14.9. The summed E-state index contributed by atoms with van der Waals surface area (Å²) in [5, 5.41) is 4.79. The van der Waals surface area contributed by atoms with Crippen molar-refractivity contribution in [2.24, 2.45) is 0 Å². The lowest BCUT2D eigenvalue weighted by atomic mass is 10.2. The van der Waals surface area contributed by atoms with Crippen LogP contribution in [0, 0.1) is 0 Å². The Morgan fingerprint density at radius 1 is 1.11 bits per heavy atom. The lowest BCUT2D eigenvalue weighted by Crippen LogP contribution is -2.43. The van der Waals surface area contributed by atoms with E-state index < -0.39 is 6.04 Å². The summed E-state index contributed by atoms with van der Waals surface area (Å²) < 4.78 is 0. The highest BCUT2D eigenvalue weighted by molar-refractivity contribution is 7.12. The van der Waals surface area contributed by atoms with Crippen molar-refractivity contribution in [3.05, 3.63) is 46.7 Å². The second-order valence-corrected chi connectivity index (χ2v) is 7.77. The van der Waals surface area contributed by atoms with Gasteiger partial charge in [0.2, 0.25) is 11.8 Å².